The molecule has 0 fully saturated rings. The lowest BCUT2D eigenvalue weighted by atomic mass is 9.76. The fourth-order valence-corrected chi connectivity index (χ4v) is 4.45. The van der Waals surface area contributed by atoms with E-state index in [1.54, 1.807) is 11.7 Å². The van der Waals surface area contributed by atoms with Gasteiger partial charge in [-0.3, -0.25) is 18.7 Å². The van der Waals surface area contributed by atoms with E-state index in [2.05, 4.69) is 12.2 Å². The molecule has 2 heterocycles. The molecule has 1 aromatic carbocycles. The standard InChI is InChI=1S/C23H27N3O4/c1-4-5-13-26-21-20(22(28)25(2)23(26)29)18(14-9-11-15(30-3)12-10-14)19-16(24-21)7-6-8-17(19)27/h9-12,18,24H,4-8,13H2,1-3H3. The van der Waals surface area contributed by atoms with Crippen molar-refractivity contribution in [3.8, 4) is 5.75 Å². The highest BCUT2D eigenvalue weighted by Crippen LogP contribution is 2.43. The van der Waals surface area contributed by atoms with Gasteiger partial charge in [0, 0.05) is 37.2 Å². The Bertz CT molecular complexity index is 1140. The average molecular weight is 409 g/mol. The summed E-state index contributed by atoms with van der Waals surface area (Å²) in [6.07, 6.45) is 3.71. The number of aromatic nitrogens is 2. The molecule has 2 aliphatic rings. The van der Waals surface area contributed by atoms with Gasteiger partial charge >= 0.3 is 5.69 Å². The lowest BCUT2D eigenvalue weighted by Gasteiger charge is -2.35. The number of allylic oxidation sites excluding steroid dienone is 2. The SMILES string of the molecule is CCCCn1c2c(c(=O)n(C)c1=O)C(c1ccc(OC)cc1)C1=C(CCCC1=O)N2. The molecule has 1 aliphatic carbocycles. The summed E-state index contributed by atoms with van der Waals surface area (Å²) in [7, 11) is 3.10. The van der Waals surface area contributed by atoms with Crippen molar-refractivity contribution >= 4 is 11.6 Å². The molecular weight excluding hydrogens is 382 g/mol. The largest absolute Gasteiger partial charge is 0.497 e. The van der Waals surface area contributed by atoms with Gasteiger partial charge in [0.15, 0.2) is 5.78 Å². The van der Waals surface area contributed by atoms with E-state index in [1.807, 2.05) is 24.3 Å². The summed E-state index contributed by atoms with van der Waals surface area (Å²) < 4.78 is 8.08. The van der Waals surface area contributed by atoms with Crippen molar-refractivity contribution in [2.75, 3.05) is 12.4 Å². The summed E-state index contributed by atoms with van der Waals surface area (Å²) in [5, 5.41) is 3.32. The predicted molar refractivity (Wildman–Crippen MR) is 115 cm³/mol. The minimum absolute atomic E-state index is 0.0589. The Kier molecular flexibility index (Phi) is 5.37. The monoisotopic (exact) mass is 409 g/mol. The van der Waals surface area contributed by atoms with Gasteiger partial charge in [-0.25, -0.2) is 4.79 Å². The normalized spacial score (nSPS) is 18.0. The Hall–Kier alpha value is -3.09. The number of hydrogen-bond acceptors (Lipinski definition) is 5. The smallest absolute Gasteiger partial charge is 0.332 e. The van der Waals surface area contributed by atoms with E-state index in [0.29, 0.717) is 35.7 Å². The number of carbonyl (C=O) groups excluding carboxylic acids is 1. The molecule has 0 radical (unpaired) electrons. The highest BCUT2D eigenvalue weighted by molar-refractivity contribution is 6.00. The number of benzene rings is 1. The van der Waals surface area contributed by atoms with Crippen molar-refractivity contribution in [3.05, 3.63) is 67.5 Å². The van der Waals surface area contributed by atoms with Crippen LogP contribution in [0.1, 0.15) is 56.1 Å². The van der Waals surface area contributed by atoms with E-state index in [-0.39, 0.29) is 17.0 Å². The zero-order valence-electron chi connectivity index (χ0n) is 17.7. The van der Waals surface area contributed by atoms with Crippen molar-refractivity contribution in [3.63, 3.8) is 0 Å². The van der Waals surface area contributed by atoms with Gasteiger partial charge in [-0.2, -0.15) is 0 Å². The predicted octanol–water partition coefficient (Wildman–Crippen LogP) is 2.92. The van der Waals surface area contributed by atoms with Crippen LogP contribution in [0.2, 0.25) is 0 Å². The maximum Gasteiger partial charge on any atom is 0.332 e. The summed E-state index contributed by atoms with van der Waals surface area (Å²) in [6, 6.07) is 7.46. The van der Waals surface area contributed by atoms with Crippen LogP contribution in [0.25, 0.3) is 0 Å². The van der Waals surface area contributed by atoms with E-state index >= 15 is 0 Å². The van der Waals surface area contributed by atoms with Crippen molar-refractivity contribution in [1.29, 1.82) is 0 Å². The molecule has 1 atom stereocenters. The molecule has 158 valence electrons. The maximum absolute atomic E-state index is 13.3. The number of unbranched alkanes of at least 4 members (excludes halogenated alkanes) is 1. The van der Waals surface area contributed by atoms with E-state index < -0.39 is 5.92 Å². The van der Waals surface area contributed by atoms with Crippen LogP contribution >= 0.6 is 0 Å². The summed E-state index contributed by atoms with van der Waals surface area (Å²) in [6.45, 7) is 2.58. The molecule has 1 aromatic heterocycles. The lowest BCUT2D eigenvalue weighted by Crippen LogP contribution is -2.44. The van der Waals surface area contributed by atoms with Crippen LogP contribution < -0.4 is 21.3 Å². The zero-order valence-corrected chi connectivity index (χ0v) is 17.7. The molecule has 4 rings (SSSR count). The van der Waals surface area contributed by atoms with Crippen LogP contribution in [0.4, 0.5) is 5.82 Å². The first-order valence-corrected chi connectivity index (χ1v) is 10.5. The van der Waals surface area contributed by atoms with Gasteiger partial charge in [0.05, 0.1) is 12.7 Å². The topological polar surface area (TPSA) is 82.3 Å². The quantitative estimate of drug-likeness (QED) is 0.821. The number of fused-ring (bicyclic) bond motifs is 1. The number of hydrogen-bond donors (Lipinski definition) is 1. The van der Waals surface area contributed by atoms with Crippen LogP contribution in [-0.4, -0.2) is 22.0 Å². The number of Topliss-reactive ketones (excluding diaryl/α,β-unsaturated/α-hetero) is 1. The second-order valence-corrected chi connectivity index (χ2v) is 7.91. The number of ether oxygens (including phenoxy) is 1. The molecule has 7 heteroatoms. The maximum atomic E-state index is 13.3. The van der Waals surface area contributed by atoms with Gasteiger partial charge < -0.3 is 10.1 Å². The first-order valence-electron chi connectivity index (χ1n) is 10.5. The van der Waals surface area contributed by atoms with Crippen LogP contribution in [0.5, 0.6) is 5.75 Å². The van der Waals surface area contributed by atoms with Gasteiger partial charge in [0.2, 0.25) is 0 Å². The molecule has 2 aromatic rings. The molecule has 1 N–H and O–H groups in total. The number of anilines is 1. The lowest BCUT2D eigenvalue weighted by molar-refractivity contribution is -0.116. The van der Waals surface area contributed by atoms with Crippen LogP contribution in [0.15, 0.2) is 45.1 Å². The Morgan fingerprint density at radius 3 is 2.53 bits per heavy atom. The molecule has 7 nitrogen and oxygen atoms in total. The summed E-state index contributed by atoms with van der Waals surface area (Å²) >= 11 is 0. The number of ketones is 1. The molecule has 30 heavy (non-hydrogen) atoms. The van der Waals surface area contributed by atoms with Crippen LogP contribution in [-0.2, 0) is 18.4 Å². The molecule has 1 aliphatic heterocycles. The number of nitrogens with one attached hydrogen (secondary N) is 1. The second kappa shape index (κ2) is 7.97. The number of rotatable bonds is 5. The summed E-state index contributed by atoms with van der Waals surface area (Å²) in [4.78, 5) is 39.2. The number of methoxy groups -OCH3 is 1. The fourth-order valence-electron chi connectivity index (χ4n) is 4.45. The minimum Gasteiger partial charge on any atom is -0.497 e. The molecule has 0 saturated carbocycles. The molecule has 0 amide bonds. The molecule has 0 spiro atoms. The highest BCUT2D eigenvalue weighted by Gasteiger charge is 2.38. The Balaban J connectivity index is 2.01. The van der Waals surface area contributed by atoms with Gasteiger partial charge in [-0.15, -0.1) is 0 Å². The van der Waals surface area contributed by atoms with Gasteiger partial charge in [0.1, 0.15) is 11.6 Å². The van der Waals surface area contributed by atoms with Crippen molar-refractivity contribution in [1.82, 2.24) is 9.13 Å². The molecule has 0 bridgehead atoms. The van der Waals surface area contributed by atoms with Crippen molar-refractivity contribution in [2.45, 2.75) is 51.5 Å². The van der Waals surface area contributed by atoms with Crippen molar-refractivity contribution < 1.29 is 9.53 Å². The third-order valence-electron chi connectivity index (χ3n) is 6.07. The molecule has 1 unspecified atom stereocenters. The van der Waals surface area contributed by atoms with E-state index in [4.69, 9.17) is 4.74 Å². The summed E-state index contributed by atoms with van der Waals surface area (Å²) in [5.41, 5.74) is 2.10. The van der Waals surface area contributed by atoms with E-state index in [1.165, 1.54) is 7.05 Å². The Morgan fingerprint density at radius 2 is 1.87 bits per heavy atom. The van der Waals surface area contributed by atoms with E-state index in [9.17, 15) is 14.4 Å². The molecular formula is C23H27N3O4. The first-order chi connectivity index (χ1) is 14.5. The first kappa shape index (κ1) is 20.2. The van der Waals surface area contributed by atoms with Gasteiger partial charge in [-0.05, 0) is 37.0 Å². The van der Waals surface area contributed by atoms with Crippen LogP contribution in [0, 0.1) is 0 Å². The number of nitrogens with zero attached hydrogens (tertiary/aromatic N) is 2. The van der Waals surface area contributed by atoms with Gasteiger partial charge in [0.25, 0.3) is 5.56 Å². The fraction of sp³-hybridized carbons (Fsp3) is 0.435. The third-order valence-corrected chi connectivity index (χ3v) is 6.07. The average Bonchev–Trinajstić information content (AvgIpc) is 2.76. The molecule has 0 saturated heterocycles. The van der Waals surface area contributed by atoms with Crippen molar-refractivity contribution in [2.24, 2.45) is 7.05 Å². The second-order valence-electron chi connectivity index (χ2n) is 7.91. The van der Waals surface area contributed by atoms with Gasteiger partial charge in [-0.1, -0.05) is 25.5 Å². The highest BCUT2D eigenvalue weighted by atomic mass is 16.5. The van der Waals surface area contributed by atoms with Crippen LogP contribution in [0.3, 0.4) is 0 Å². The Morgan fingerprint density at radius 1 is 1.13 bits per heavy atom. The summed E-state index contributed by atoms with van der Waals surface area (Å²) in [5.74, 6) is 0.800. The van der Waals surface area contributed by atoms with E-state index in [0.717, 1.165) is 41.5 Å². The number of carbonyl (C=O) groups is 1. The Labute approximate surface area is 175 Å². The third kappa shape index (κ3) is 3.18. The zero-order chi connectivity index (χ0) is 21.4. The minimum atomic E-state index is -0.498.